The molecule has 3 rings (SSSR count). The number of rotatable bonds is 20. The maximum atomic E-state index is 5.96. The molecular weight excluding hydrogens is 444 g/mol. The quantitative estimate of drug-likeness (QED) is 0.116. The van der Waals surface area contributed by atoms with E-state index in [0.717, 1.165) is 47.9 Å². The molecule has 0 atom stereocenters. The van der Waals surface area contributed by atoms with Gasteiger partial charge in [0.25, 0.3) is 0 Å². The molecular formula is C32H48N2O2. The zero-order valence-electron chi connectivity index (χ0n) is 22.9. The second-order valence-electron chi connectivity index (χ2n) is 10.1. The monoisotopic (exact) mass is 492 g/mol. The predicted molar refractivity (Wildman–Crippen MR) is 153 cm³/mol. The number of unbranched alkanes of at least 4 members (excludes halogenated alkanes) is 14. The van der Waals surface area contributed by atoms with Gasteiger partial charge in [0.2, 0.25) is 11.8 Å². The molecule has 0 bridgehead atoms. The summed E-state index contributed by atoms with van der Waals surface area (Å²) in [7, 11) is 0. The minimum Gasteiger partial charge on any atom is -0.478 e. The first-order chi connectivity index (χ1) is 17.8. The molecule has 0 amide bonds. The second-order valence-corrected chi connectivity index (χ2v) is 10.1. The van der Waals surface area contributed by atoms with Crippen molar-refractivity contribution in [3.05, 3.63) is 36.4 Å². The molecule has 0 fully saturated rings. The molecule has 0 aliphatic heterocycles. The first-order valence-corrected chi connectivity index (χ1v) is 14.8. The largest absolute Gasteiger partial charge is 0.478 e. The minimum absolute atomic E-state index is 0.708. The fraction of sp³-hybridized carbons (Fsp3) is 0.625. The van der Waals surface area contributed by atoms with Crippen molar-refractivity contribution in [2.45, 2.75) is 117 Å². The summed E-state index contributed by atoms with van der Waals surface area (Å²) < 4.78 is 11.9. The van der Waals surface area contributed by atoms with Crippen molar-refractivity contribution in [1.29, 1.82) is 0 Å². The SMILES string of the molecule is CCCCCCCCCCCCOc1ccc2c(ccc3nc(OCCCCCCCC)ccc32)n1. The van der Waals surface area contributed by atoms with Gasteiger partial charge in [-0.15, -0.1) is 0 Å². The average molecular weight is 493 g/mol. The highest BCUT2D eigenvalue weighted by atomic mass is 16.5. The fourth-order valence-corrected chi connectivity index (χ4v) is 4.77. The Bertz CT molecular complexity index is 1000. The van der Waals surface area contributed by atoms with Gasteiger partial charge >= 0.3 is 0 Å². The Balaban J connectivity index is 1.39. The lowest BCUT2D eigenvalue weighted by molar-refractivity contribution is 0.294. The standard InChI is InChI=1S/C32H48N2O2/c1-3-5-7-9-11-12-13-14-16-18-26-36-32-24-20-28-27-19-23-31(33-29(27)21-22-30(28)34-32)35-25-17-15-10-8-6-4-2/h19-24H,3-18,25-26H2,1-2H3. The number of benzene rings is 1. The molecule has 0 saturated carbocycles. The maximum Gasteiger partial charge on any atom is 0.213 e. The van der Waals surface area contributed by atoms with Gasteiger partial charge < -0.3 is 9.47 Å². The Morgan fingerprint density at radius 3 is 1.19 bits per heavy atom. The van der Waals surface area contributed by atoms with Gasteiger partial charge in [-0.2, -0.15) is 0 Å². The summed E-state index contributed by atoms with van der Waals surface area (Å²) in [6.45, 7) is 6.00. The van der Waals surface area contributed by atoms with E-state index in [1.165, 1.54) is 89.9 Å². The van der Waals surface area contributed by atoms with Crippen LogP contribution < -0.4 is 9.47 Å². The van der Waals surface area contributed by atoms with E-state index in [9.17, 15) is 0 Å². The third-order valence-electron chi connectivity index (χ3n) is 6.98. The van der Waals surface area contributed by atoms with E-state index in [0.29, 0.717) is 11.8 Å². The third kappa shape index (κ3) is 9.95. The van der Waals surface area contributed by atoms with Crippen molar-refractivity contribution in [1.82, 2.24) is 9.97 Å². The van der Waals surface area contributed by atoms with Crippen molar-refractivity contribution >= 4 is 21.8 Å². The van der Waals surface area contributed by atoms with Gasteiger partial charge in [0.05, 0.1) is 24.2 Å². The zero-order chi connectivity index (χ0) is 25.3. The molecule has 0 aliphatic carbocycles. The molecule has 0 saturated heterocycles. The van der Waals surface area contributed by atoms with Crippen LogP contribution in [0.1, 0.15) is 117 Å². The number of pyridine rings is 2. The summed E-state index contributed by atoms with van der Waals surface area (Å²) in [5.41, 5.74) is 1.90. The molecule has 4 nitrogen and oxygen atoms in total. The summed E-state index contributed by atoms with van der Waals surface area (Å²) in [4.78, 5) is 9.46. The van der Waals surface area contributed by atoms with Crippen LogP contribution in [0.2, 0.25) is 0 Å². The van der Waals surface area contributed by atoms with Gasteiger partial charge in [-0.05, 0) is 37.1 Å². The molecule has 0 spiro atoms. The Labute approximate surface area is 219 Å². The molecule has 0 unspecified atom stereocenters. The van der Waals surface area contributed by atoms with Crippen molar-refractivity contribution < 1.29 is 9.47 Å². The van der Waals surface area contributed by atoms with Crippen LogP contribution in [0, 0.1) is 0 Å². The van der Waals surface area contributed by atoms with Gasteiger partial charge in [-0.25, -0.2) is 9.97 Å². The van der Waals surface area contributed by atoms with E-state index < -0.39 is 0 Å². The molecule has 0 aliphatic rings. The van der Waals surface area contributed by atoms with E-state index in [4.69, 9.17) is 19.4 Å². The second kappa shape index (κ2) is 17.2. The van der Waals surface area contributed by atoms with Crippen LogP contribution in [0.25, 0.3) is 21.8 Å². The summed E-state index contributed by atoms with van der Waals surface area (Å²) in [6.07, 6.45) is 20.9. The van der Waals surface area contributed by atoms with Gasteiger partial charge in [0.15, 0.2) is 0 Å². The van der Waals surface area contributed by atoms with Crippen molar-refractivity contribution in [2.24, 2.45) is 0 Å². The zero-order valence-corrected chi connectivity index (χ0v) is 22.9. The van der Waals surface area contributed by atoms with Crippen LogP contribution in [-0.4, -0.2) is 23.2 Å². The van der Waals surface area contributed by atoms with E-state index in [-0.39, 0.29) is 0 Å². The molecule has 0 N–H and O–H groups in total. The topological polar surface area (TPSA) is 44.2 Å². The molecule has 198 valence electrons. The number of nitrogens with zero attached hydrogens (tertiary/aromatic N) is 2. The van der Waals surface area contributed by atoms with Gasteiger partial charge in [-0.3, -0.25) is 0 Å². The molecule has 2 aromatic heterocycles. The third-order valence-corrected chi connectivity index (χ3v) is 6.98. The number of hydrogen-bond acceptors (Lipinski definition) is 4. The lowest BCUT2D eigenvalue weighted by Crippen LogP contribution is -2.00. The van der Waals surface area contributed by atoms with Crippen molar-refractivity contribution in [2.75, 3.05) is 13.2 Å². The Morgan fingerprint density at radius 2 is 0.806 bits per heavy atom. The van der Waals surface area contributed by atoms with E-state index in [1.807, 2.05) is 24.3 Å². The predicted octanol–water partition coefficient (Wildman–Crippen LogP) is 9.82. The van der Waals surface area contributed by atoms with E-state index in [1.54, 1.807) is 0 Å². The number of hydrogen-bond donors (Lipinski definition) is 0. The van der Waals surface area contributed by atoms with Gasteiger partial charge in [0, 0.05) is 22.9 Å². The number of aromatic nitrogens is 2. The Morgan fingerprint density at radius 1 is 0.444 bits per heavy atom. The van der Waals surface area contributed by atoms with Crippen LogP contribution >= 0.6 is 0 Å². The molecule has 0 radical (unpaired) electrons. The Hall–Kier alpha value is -2.36. The molecule has 36 heavy (non-hydrogen) atoms. The highest BCUT2D eigenvalue weighted by molar-refractivity contribution is 6.04. The first kappa shape index (κ1) is 28.2. The summed E-state index contributed by atoms with van der Waals surface area (Å²) in [5.74, 6) is 1.42. The average Bonchev–Trinajstić information content (AvgIpc) is 2.91. The van der Waals surface area contributed by atoms with E-state index >= 15 is 0 Å². The molecule has 4 heteroatoms. The smallest absolute Gasteiger partial charge is 0.213 e. The summed E-state index contributed by atoms with van der Waals surface area (Å²) >= 11 is 0. The maximum absolute atomic E-state index is 5.96. The van der Waals surface area contributed by atoms with Crippen LogP contribution in [0.3, 0.4) is 0 Å². The highest BCUT2D eigenvalue weighted by Crippen LogP contribution is 2.27. The lowest BCUT2D eigenvalue weighted by atomic mass is 10.1. The van der Waals surface area contributed by atoms with Crippen molar-refractivity contribution in [3.63, 3.8) is 0 Å². The van der Waals surface area contributed by atoms with Crippen LogP contribution in [-0.2, 0) is 0 Å². The minimum atomic E-state index is 0.708. The Kier molecular flexibility index (Phi) is 13.4. The van der Waals surface area contributed by atoms with Crippen LogP contribution in [0.4, 0.5) is 0 Å². The number of ether oxygens (including phenoxy) is 2. The molecule has 1 aromatic carbocycles. The van der Waals surface area contributed by atoms with Crippen LogP contribution in [0.5, 0.6) is 11.8 Å². The molecule has 2 heterocycles. The molecule has 3 aromatic rings. The summed E-state index contributed by atoms with van der Waals surface area (Å²) in [5, 5.41) is 2.21. The first-order valence-electron chi connectivity index (χ1n) is 14.8. The van der Waals surface area contributed by atoms with Crippen LogP contribution in [0.15, 0.2) is 36.4 Å². The van der Waals surface area contributed by atoms with Crippen molar-refractivity contribution in [3.8, 4) is 11.8 Å². The van der Waals surface area contributed by atoms with Gasteiger partial charge in [0.1, 0.15) is 0 Å². The lowest BCUT2D eigenvalue weighted by Gasteiger charge is -2.09. The normalized spacial score (nSPS) is 11.4. The van der Waals surface area contributed by atoms with Gasteiger partial charge in [-0.1, -0.05) is 104 Å². The number of fused-ring (bicyclic) bond motifs is 3. The highest BCUT2D eigenvalue weighted by Gasteiger charge is 2.07. The summed E-state index contributed by atoms with van der Waals surface area (Å²) in [6, 6.07) is 12.3. The fourth-order valence-electron chi connectivity index (χ4n) is 4.77. The van der Waals surface area contributed by atoms with E-state index in [2.05, 4.69) is 26.0 Å².